The van der Waals surface area contributed by atoms with Gasteiger partial charge in [-0.3, -0.25) is 0 Å². The van der Waals surface area contributed by atoms with Gasteiger partial charge in [0.15, 0.2) is 4.47 Å². The van der Waals surface area contributed by atoms with E-state index in [1.165, 1.54) is 23.1 Å². The first-order valence-corrected chi connectivity index (χ1v) is 9.90. The molecule has 0 atom stereocenters. The summed E-state index contributed by atoms with van der Waals surface area (Å²) in [5, 5.41) is 4.09. The monoisotopic (exact) mass is 405 g/mol. The van der Waals surface area contributed by atoms with Crippen LogP contribution in [0.1, 0.15) is 22.2 Å². The molecule has 0 unspecified atom stereocenters. The Morgan fingerprint density at radius 3 is 2.96 bits per heavy atom. The van der Waals surface area contributed by atoms with Gasteiger partial charge in [-0.15, -0.1) is 11.3 Å². The number of nitrogens with one attached hydrogen (secondary N) is 1. The lowest BCUT2D eigenvalue weighted by molar-refractivity contribution is 0.0526. The number of hydrogen-bond acceptors (Lipinski definition) is 7. The van der Waals surface area contributed by atoms with E-state index < -0.39 is 0 Å². The van der Waals surface area contributed by atoms with Crippen molar-refractivity contribution in [1.29, 1.82) is 0 Å². The largest absolute Gasteiger partial charge is 0.462 e. The molecular formula is C18H16ClN3O2S2. The molecule has 2 aromatic heterocycles. The highest BCUT2D eigenvalue weighted by molar-refractivity contribution is 7.99. The summed E-state index contributed by atoms with van der Waals surface area (Å²) in [6.07, 6.45) is 3.38. The molecule has 0 saturated heterocycles. The number of thiazole rings is 1. The third kappa shape index (κ3) is 5.20. The van der Waals surface area contributed by atoms with Crippen LogP contribution in [0.3, 0.4) is 0 Å². The van der Waals surface area contributed by atoms with Gasteiger partial charge in [0.1, 0.15) is 5.03 Å². The highest BCUT2D eigenvalue weighted by atomic mass is 35.5. The first-order chi connectivity index (χ1) is 12.6. The van der Waals surface area contributed by atoms with Crippen molar-refractivity contribution in [3.8, 4) is 0 Å². The molecule has 0 spiro atoms. The molecule has 0 aliphatic rings. The molecule has 0 amide bonds. The van der Waals surface area contributed by atoms with Crippen LogP contribution in [-0.4, -0.2) is 22.5 Å². The smallest absolute Gasteiger partial charge is 0.338 e. The molecule has 8 heteroatoms. The fourth-order valence-corrected chi connectivity index (χ4v) is 3.94. The van der Waals surface area contributed by atoms with Gasteiger partial charge in [0.05, 0.1) is 18.7 Å². The van der Waals surface area contributed by atoms with Crippen LogP contribution in [0.2, 0.25) is 4.47 Å². The molecule has 5 nitrogen and oxygen atoms in total. The predicted octanol–water partition coefficient (Wildman–Crippen LogP) is 5.13. The van der Waals surface area contributed by atoms with E-state index in [2.05, 4.69) is 15.3 Å². The minimum Gasteiger partial charge on any atom is -0.462 e. The standard InChI is InChI=1S/C18H16ClN3O2S2/c1-2-24-17(23)12-6-7-20-16(8-12)25-14-5-3-4-13(9-14)21-10-15-11-22-18(19)26-15/h3-9,11,21H,2,10H2,1H3. The molecule has 0 aliphatic heterocycles. The van der Waals surface area contributed by atoms with E-state index in [-0.39, 0.29) is 5.97 Å². The van der Waals surface area contributed by atoms with E-state index >= 15 is 0 Å². The Labute approximate surface area is 164 Å². The van der Waals surface area contributed by atoms with Crippen LogP contribution in [0.5, 0.6) is 0 Å². The Morgan fingerprint density at radius 2 is 2.19 bits per heavy atom. The van der Waals surface area contributed by atoms with Gasteiger partial charge < -0.3 is 10.1 Å². The van der Waals surface area contributed by atoms with E-state index in [0.29, 0.717) is 23.2 Å². The number of halogens is 1. The quantitative estimate of drug-likeness (QED) is 0.549. The molecule has 2 heterocycles. The van der Waals surface area contributed by atoms with Crippen LogP contribution >= 0.6 is 34.7 Å². The molecule has 1 aromatic carbocycles. The third-order valence-electron chi connectivity index (χ3n) is 3.29. The molecule has 0 bridgehead atoms. The van der Waals surface area contributed by atoms with E-state index in [0.717, 1.165) is 20.5 Å². The summed E-state index contributed by atoms with van der Waals surface area (Å²) >= 11 is 8.79. The highest BCUT2D eigenvalue weighted by Crippen LogP contribution is 2.29. The summed E-state index contributed by atoms with van der Waals surface area (Å²) in [5.41, 5.74) is 1.49. The number of carbonyl (C=O) groups excluding carboxylic acids is 1. The minimum atomic E-state index is -0.338. The summed E-state index contributed by atoms with van der Waals surface area (Å²) in [5.74, 6) is -0.338. The maximum atomic E-state index is 11.8. The summed E-state index contributed by atoms with van der Waals surface area (Å²) in [4.78, 5) is 22.3. The van der Waals surface area contributed by atoms with E-state index in [4.69, 9.17) is 16.3 Å². The van der Waals surface area contributed by atoms with Crippen molar-refractivity contribution in [2.75, 3.05) is 11.9 Å². The number of esters is 1. The van der Waals surface area contributed by atoms with Crippen LogP contribution in [0.4, 0.5) is 5.69 Å². The van der Waals surface area contributed by atoms with Crippen molar-refractivity contribution in [1.82, 2.24) is 9.97 Å². The molecule has 3 rings (SSSR count). The number of hydrogen-bond donors (Lipinski definition) is 1. The van der Waals surface area contributed by atoms with Crippen molar-refractivity contribution < 1.29 is 9.53 Å². The summed E-state index contributed by atoms with van der Waals surface area (Å²) in [6, 6.07) is 11.4. The molecule has 134 valence electrons. The van der Waals surface area contributed by atoms with Crippen molar-refractivity contribution in [2.45, 2.75) is 23.4 Å². The first kappa shape index (κ1) is 18.7. The summed E-state index contributed by atoms with van der Waals surface area (Å²) in [7, 11) is 0. The number of carbonyl (C=O) groups is 1. The number of nitrogens with zero attached hydrogens (tertiary/aromatic N) is 2. The second-order valence-electron chi connectivity index (χ2n) is 5.17. The van der Waals surface area contributed by atoms with Gasteiger partial charge in [0.2, 0.25) is 0 Å². The fraction of sp³-hybridized carbons (Fsp3) is 0.167. The number of rotatable bonds is 7. The number of benzene rings is 1. The second kappa shape index (κ2) is 9.02. The fourth-order valence-electron chi connectivity index (χ4n) is 2.15. The van der Waals surface area contributed by atoms with Gasteiger partial charge in [0, 0.05) is 27.9 Å². The Morgan fingerprint density at radius 1 is 1.31 bits per heavy atom. The normalized spacial score (nSPS) is 10.5. The molecule has 0 saturated carbocycles. The maximum absolute atomic E-state index is 11.8. The van der Waals surface area contributed by atoms with Gasteiger partial charge in [-0.2, -0.15) is 0 Å². The van der Waals surface area contributed by atoms with Crippen LogP contribution < -0.4 is 5.32 Å². The average molecular weight is 406 g/mol. The van der Waals surface area contributed by atoms with Crippen molar-refractivity contribution in [3.05, 3.63) is 63.7 Å². The Bertz CT molecular complexity index is 901. The lowest BCUT2D eigenvalue weighted by Gasteiger charge is -2.08. The van der Waals surface area contributed by atoms with E-state index in [1.807, 2.05) is 24.3 Å². The van der Waals surface area contributed by atoms with E-state index in [1.54, 1.807) is 31.5 Å². The first-order valence-electron chi connectivity index (χ1n) is 7.89. The zero-order valence-electron chi connectivity index (χ0n) is 13.9. The average Bonchev–Trinajstić information content (AvgIpc) is 3.06. The zero-order valence-corrected chi connectivity index (χ0v) is 16.3. The number of pyridine rings is 1. The summed E-state index contributed by atoms with van der Waals surface area (Å²) < 4.78 is 5.57. The molecule has 1 N–H and O–H groups in total. The third-order valence-corrected chi connectivity index (χ3v) is 5.33. The molecular weight excluding hydrogens is 390 g/mol. The Balaban J connectivity index is 1.66. The zero-order chi connectivity index (χ0) is 18.4. The van der Waals surface area contributed by atoms with Crippen molar-refractivity contribution in [3.63, 3.8) is 0 Å². The lowest BCUT2D eigenvalue weighted by Crippen LogP contribution is -2.04. The number of ether oxygens (including phenoxy) is 1. The van der Waals surface area contributed by atoms with Gasteiger partial charge in [-0.05, 0) is 37.3 Å². The number of aromatic nitrogens is 2. The molecule has 0 fully saturated rings. The molecule has 3 aromatic rings. The lowest BCUT2D eigenvalue weighted by atomic mass is 10.3. The predicted molar refractivity (Wildman–Crippen MR) is 105 cm³/mol. The SMILES string of the molecule is CCOC(=O)c1ccnc(Sc2cccc(NCc3cnc(Cl)s3)c2)c1. The highest BCUT2D eigenvalue weighted by Gasteiger charge is 2.09. The maximum Gasteiger partial charge on any atom is 0.338 e. The summed E-state index contributed by atoms with van der Waals surface area (Å²) in [6.45, 7) is 2.80. The van der Waals surface area contributed by atoms with Crippen LogP contribution in [-0.2, 0) is 11.3 Å². The topological polar surface area (TPSA) is 64.1 Å². The molecule has 0 radical (unpaired) electrons. The molecule has 26 heavy (non-hydrogen) atoms. The second-order valence-corrected chi connectivity index (χ2v) is 7.96. The van der Waals surface area contributed by atoms with Gasteiger partial charge in [0.25, 0.3) is 0 Å². The van der Waals surface area contributed by atoms with Crippen LogP contribution in [0, 0.1) is 0 Å². The molecule has 0 aliphatic carbocycles. The van der Waals surface area contributed by atoms with E-state index in [9.17, 15) is 4.79 Å². The van der Waals surface area contributed by atoms with Crippen molar-refractivity contribution in [2.24, 2.45) is 0 Å². The van der Waals surface area contributed by atoms with Gasteiger partial charge in [-0.25, -0.2) is 14.8 Å². The minimum absolute atomic E-state index is 0.338. The van der Waals surface area contributed by atoms with Gasteiger partial charge >= 0.3 is 5.97 Å². The van der Waals surface area contributed by atoms with Crippen LogP contribution in [0.15, 0.2) is 58.7 Å². The van der Waals surface area contributed by atoms with Crippen LogP contribution in [0.25, 0.3) is 0 Å². The Kier molecular flexibility index (Phi) is 6.49. The number of anilines is 1. The van der Waals surface area contributed by atoms with Gasteiger partial charge in [-0.1, -0.05) is 29.4 Å². The van der Waals surface area contributed by atoms with Crippen molar-refractivity contribution >= 4 is 46.4 Å². The Hall–Kier alpha value is -2.09.